The number of Topliss-reactive ketones (excluding diaryl/α,β-unsaturated/α-hetero) is 2. The van der Waals surface area contributed by atoms with Crippen LogP contribution in [-0.4, -0.2) is 23.8 Å². The Hall–Kier alpha value is -3.37. The molecule has 1 aliphatic rings. The monoisotopic (exact) mass is 390 g/mol. The molecule has 4 rings (SSSR count). The van der Waals surface area contributed by atoms with E-state index in [1.54, 1.807) is 23.9 Å². The summed E-state index contributed by atoms with van der Waals surface area (Å²) < 4.78 is 10.5. The van der Waals surface area contributed by atoms with E-state index < -0.39 is 17.5 Å². The van der Waals surface area contributed by atoms with Crippen LogP contribution in [0.25, 0.3) is 11.3 Å². The van der Waals surface area contributed by atoms with E-state index >= 15 is 0 Å². The molecule has 2 heterocycles. The van der Waals surface area contributed by atoms with Crippen LogP contribution in [0.3, 0.4) is 0 Å². The normalized spacial score (nSPS) is 13.0. The first-order valence-corrected chi connectivity index (χ1v) is 9.45. The number of carbonyl (C=O) groups excluding carboxylic acids is 2. The molecule has 1 aromatic heterocycles. The Morgan fingerprint density at radius 3 is 2.64 bits per heavy atom. The third-order valence-corrected chi connectivity index (χ3v) is 5.65. The molecule has 0 saturated carbocycles. The lowest BCUT2D eigenvalue weighted by molar-refractivity contribution is 0.0840. The van der Waals surface area contributed by atoms with E-state index in [1.165, 1.54) is 19.2 Å². The first kappa shape index (κ1) is 18.0. The van der Waals surface area contributed by atoms with E-state index in [0.717, 1.165) is 10.5 Å². The minimum atomic E-state index is -1.48. The van der Waals surface area contributed by atoms with Crippen molar-refractivity contribution in [1.82, 2.24) is 5.16 Å². The Morgan fingerprint density at radius 1 is 1.18 bits per heavy atom. The molecule has 0 amide bonds. The summed E-state index contributed by atoms with van der Waals surface area (Å²) in [6.07, 6.45) is 0. The van der Waals surface area contributed by atoms with E-state index in [1.807, 2.05) is 30.3 Å². The third kappa shape index (κ3) is 2.98. The number of rotatable bonds is 5. The zero-order chi connectivity index (χ0) is 19.7. The summed E-state index contributed by atoms with van der Waals surface area (Å²) in [6.45, 7) is 0. The third-order valence-electron chi connectivity index (χ3n) is 4.55. The molecule has 7 heteroatoms. The molecule has 0 fully saturated rings. The van der Waals surface area contributed by atoms with Gasteiger partial charge in [-0.3, -0.25) is 9.59 Å². The highest BCUT2D eigenvalue weighted by Gasteiger charge is 2.35. The van der Waals surface area contributed by atoms with Crippen molar-refractivity contribution in [3.63, 3.8) is 0 Å². The van der Waals surface area contributed by atoms with Crippen LogP contribution in [0.4, 0.5) is 0 Å². The second kappa shape index (κ2) is 7.33. The highest BCUT2D eigenvalue weighted by Crippen LogP contribution is 2.43. The van der Waals surface area contributed by atoms with Gasteiger partial charge in [0, 0.05) is 27.3 Å². The number of hydrogen-bond acceptors (Lipinski definition) is 7. The first-order chi connectivity index (χ1) is 13.6. The van der Waals surface area contributed by atoms with Gasteiger partial charge in [0.25, 0.3) is 0 Å². The molecule has 0 N–H and O–H groups in total. The summed E-state index contributed by atoms with van der Waals surface area (Å²) in [5.74, 6) is -1.11. The Labute approximate surface area is 165 Å². The predicted octanol–water partition coefficient (Wildman–Crippen LogP) is 4.16. The van der Waals surface area contributed by atoms with E-state index in [4.69, 9.17) is 9.26 Å². The molecule has 3 aromatic rings. The molecule has 0 aliphatic carbocycles. The smallest absolute Gasteiger partial charge is 0.210 e. The van der Waals surface area contributed by atoms with Gasteiger partial charge in [-0.05, 0) is 36.4 Å². The minimum Gasteiger partial charge on any atom is -0.497 e. The van der Waals surface area contributed by atoms with Crippen molar-refractivity contribution in [1.29, 1.82) is 5.26 Å². The van der Waals surface area contributed by atoms with E-state index in [2.05, 4.69) is 5.16 Å². The van der Waals surface area contributed by atoms with Gasteiger partial charge in [0.1, 0.15) is 5.75 Å². The van der Waals surface area contributed by atoms with E-state index in [0.29, 0.717) is 22.8 Å². The van der Waals surface area contributed by atoms with Gasteiger partial charge in [-0.2, -0.15) is 5.26 Å². The van der Waals surface area contributed by atoms with Gasteiger partial charge in [0.2, 0.25) is 5.78 Å². The van der Waals surface area contributed by atoms with Gasteiger partial charge in [0.15, 0.2) is 23.2 Å². The van der Waals surface area contributed by atoms with Crippen LogP contribution in [0.1, 0.15) is 26.4 Å². The first-order valence-electron chi connectivity index (χ1n) is 8.47. The maximum Gasteiger partial charge on any atom is 0.210 e. The van der Waals surface area contributed by atoms with Crippen LogP contribution < -0.4 is 4.74 Å². The standard InChI is InChI=1S/C21H14N2O4S/c1-26-13-8-6-12(7-9-13)19(24)15(10-22)20(25)18-16-11-28-17-5-3-2-4-14(17)21(16)27-23-18/h2-9,15H,11H2,1H3. The van der Waals surface area contributed by atoms with Crippen molar-refractivity contribution in [3.8, 4) is 23.1 Å². The van der Waals surface area contributed by atoms with Crippen molar-refractivity contribution in [2.24, 2.45) is 5.92 Å². The molecular formula is C21H14N2O4S. The van der Waals surface area contributed by atoms with Crippen molar-refractivity contribution >= 4 is 23.3 Å². The summed E-state index contributed by atoms with van der Waals surface area (Å²) in [7, 11) is 1.52. The van der Waals surface area contributed by atoms with Gasteiger partial charge in [-0.1, -0.05) is 17.3 Å². The number of aromatic nitrogens is 1. The number of methoxy groups -OCH3 is 1. The quantitative estimate of drug-likeness (QED) is 0.477. The second-order valence-electron chi connectivity index (χ2n) is 6.14. The van der Waals surface area contributed by atoms with E-state index in [9.17, 15) is 14.9 Å². The average molecular weight is 390 g/mol. The number of hydrogen-bond donors (Lipinski definition) is 0. The highest BCUT2D eigenvalue weighted by atomic mass is 32.2. The van der Waals surface area contributed by atoms with Gasteiger partial charge in [0.05, 0.1) is 13.2 Å². The molecule has 0 bridgehead atoms. The summed E-state index contributed by atoms with van der Waals surface area (Å²) in [5.41, 5.74) is 1.79. The zero-order valence-corrected chi connectivity index (χ0v) is 15.7. The summed E-state index contributed by atoms with van der Waals surface area (Å²) >= 11 is 1.56. The lowest BCUT2D eigenvalue weighted by Gasteiger charge is -2.14. The molecule has 6 nitrogen and oxygen atoms in total. The number of fused-ring (bicyclic) bond motifs is 3. The molecule has 1 aliphatic heterocycles. The fourth-order valence-electron chi connectivity index (χ4n) is 3.07. The van der Waals surface area contributed by atoms with Crippen molar-refractivity contribution in [3.05, 3.63) is 65.4 Å². The zero-order valence-electron chi connectivity index (χ0n) is 14.8. The van der Waals surface area contributed by atoms with Crippen molar-refractivity contribution < 1.29 is 18.8 Å². The molecule has 2 aromatic carbocycles. The Balaban J connectivity index is 1.66. The molecule has 0 radical (unpaired) electrons. The van der Waals surface area contributed by atoms with Crippen molar-refractivity contribution in [2.45, 2.75) is 10.6 Å². The Kier molecular flexibility index (Phi) is 4.72. The molecule has 1 atom stereocenters. The molecule has 28 heavy (non-hydrogen) atoms. The van der Waals surface area contributed by atoms with Gasteiger partial charge >= 0.3 is 0 Å². The summed E-state index contributed by atoms with van der Waals surface area (Å²) in [5, 5.41) is 13.4. The Bertz CT molecular complexity index is 1110. The van der Waals surface area contributed by atoms with Crippen LogP contribution in [0.2, 0.25) is 0 Å². The maximum atomic E-state index is 13.0. The fourth-order valence-corrected chi connectivity index (χ4v) is 4.13. The lowest BCUT2D eigenvalue weighted by atomic mass is 9.91. The van der Waals surface area contributed by atoms with Crippen LogP contribution in [0.15, 0.2) is 57.9 Å². The molecule has 138 valence electrons. The molecule has 0 saturated heterocycles. The van der Waals surface area contributed by atoms with Gasteiger partial charge < -0.3 is 9.26 Å². The topological polar surface area (TPSA) is 93.2 Å². The molecule has 1 unspecified atom stereocenters. The number of carbonyl (C=O) groups is 2. The van der Waals surface area contributed by atoms with Gasteiger partial charge in [-0.25, -0.2) is 0 Å². The molecular weight excluding hydrogens is 376 g/mol. The fraction of sp³-hybridized carbons (Fsp3) is 0.143. The lowest BCUT2D eigenvalue weighted by Crippen LogP contribution is -2.24. The SMILES string of the molecule is COc1ccc(C(=O)C(C#N)C(=O)c2noc3c2CSc2ccccc2-3)cc1. The number of nitrogens with zero attached hydrogens (tertiary/aromatic N) is 2. The van der Waals surface area contributed by atoms with E-state index in [-0.39, 0.29) is 11.3 Å². The summed E-state index contributed by atoms with van der Waals surface area (Å²) in [6, 6.07) is 15.8. The summed E-state index contributed by atoms with van der Waals surface area (Å²) in [4.78, 5) is 26.7. The van der Waals surface area contributed by atoms with Crippen LogP contribution in [0, 0.1) is 17.2 Å². The van der Waals surface area contributed by atoms with Crippen LogP contribution in [-0.2, 0) is 5.75 Å². The van der Waals surface area contributed by atoms with Crippen LogP contribution in [0.5, 0.6) is 5.75 Å². The predicted molar refractivity (Wildman–Crippen MR) is 102 cm³/mol. The minimum absolute atomic E-state index is 0.0467. The number of benzene rings is 2. The molecule has 0 spiro atoms. The van der Waals surface area contributed by atoms with Crippen molar-refractivity contribution in [2.75, 3.05) is 7.11 Å². The number of ether oxygens (including phenoxy) is 1. The number of ketones is 2. The largest absolute Gasteiger partial charge is 0.497 e. The average Bonchev–Trinajstić information content (AvgIpc) is 3.19. The second-order valence-corrected chi connectivity index (χ2v) is 7.16. The maximum absolute atomic E-state index is 13.0. The highest BCUT2D eigenvalue weighted by molar-refractivity contribution is 7.98. The number of thioether (sulfide) groups is 1. The number of nitriles is 1. The van der Waals surface area contributed by atoms with Gasteiger partial charge in [-0.15, -0.1) is 11.8 Å². The Morgan fingerprint density at radius 2 is 1.93 bits per heavy atom. The van der Waals surface area contributed by atoms with Crippen LogP contribution >= 0.6 is 11.8 Å².